The first kappa shape index (κ1) is 9.39. The fourth-order valence-electron chi connectivity index (χ4n) is 0.906. The SMILES string of the molecule is C#CCCCCNc1n[nH]c(N)n1. The first-order valence-corrected chi connectivity index (χ1v) is 4.18. The van der Waals surface area contributed by atoms with E-state index in [0.717, 1.165) is 25.8 Å². The summed E-state index contributed by atoms with van der Waals surface area (Å²) in [7, 11) is 0. The lowest BCUT2D eigenvalue weighted by atomic mass is 10.2. The molecule has 0 saturated carbocycles. The molecule has 70 valence electrons. The maximum atomic E-state index is 5.33. The minimum absolute atomic E-state index is 0.325. The Morgan fingerprint density at radius 3 is 3.00 bits per heavy atom. The summed E-state index contributed by atoms with van der Waals surface area (Å²) in [5.41, 5.74) is 5.33. The molecule has 0 unspecified atom stereocenters. The van der Waals surface area contributed by atoms with Crippen LogP contribution in [0.5, 0.6) is 0 Å². The van der Waals surface area contributed by atoms with Gasteiger partial charge in [0.1, 0.15) is 0 Å². The van der Waals surface area contributed by atoms with Crippen LogP contribution in [0.15, 0.2) is 0 Å². The molecule has 1 heterocycles. The Kier molecular flexibility index (Phi) is 3.64. The minimum Gasteiger partial charge on any atom is -0.368 e. The van der Waals surface area contributed by atoms with Gasteiger partial charge in [0.15, 0.2) is 0 Å². The van der Waals surface area contributed by atoms with Gasteiger partial charge in [-0.2, -0.15) is 4.98 Å². The maximum Gasteiger partial charge on any atom is 0.243 e. The highest BCUT2D eigenvalue weighted by Gasteiger charge is 1.96. The average molecular weight is 179 g/mol. The number of nitrogens with two attached hydrogens (primary N) is 1. The number of aromatic nitrogens is 3. The van der Waals surface area contributed by atoms with Crippen molar-refractivity contribution in [3.8, 4) is 12.3 Å². The molecule has 0 aromatic carbocycles. The third kappa shape index (κ3) is 3.47. The predicted molar refractivity (Wildman–Crippen MR) is 52.0 cm³/mol. The Morgan fingerprint density at radius 2 is 2.38 bits per heavy atom. The summed E-state index contributed by atoms with van der Waals surface area (Å²) in [6.45, 7) is 0.818. The lowest BCUT2D eigenvalue weighted by Gasteiger charge is -1.98. The number of nitrogens with one attached hydrogen (secondary N) is 2. The summed E-state index contributed by atoms with van der Waals surface area (Å²) < 4.78 is 0. The molecule has 5 heteroatoms. The van der Waals surface area contributed by atoms with Gasteiger partial charge >= 0.3 is 0 Å². The Bertz CT molecular complexity index is 285. The largest absolute Gasteiger partial charge is 0.368 e. The van der Waals surface area contributed by atoms with E-state index in [0.29, 0.717) is 11.9 Å². The number of anilines is 2. The molecule has 1 rings (SSSR count). The molecule has 4 N–H and O–H groups in total. The second kappa shape index (κ2) is 5.04. The zero-order valence-electron chi connectivity index (χ0n) is 7.38. The summed E-state index contributed by atoms with van der Waals surface area (Å²) in [6, 6.07) is 0. The molecule has 0 aliphatic carbocycles. The summed E-state index contributed by atoms with van der Waals surface area (Å²) in [6.07, 6.45) is 7.96. The van der Waals surface area contributed by atoms with Crippen LogP contribution >= 0.6 is 0 Å². The number of terminal acetylenes is 1. The van der Waals surface area contributed by atoms with Gasteiger partial charge in [0, 0.05) is 13.0 Å². The smallest absolute Gasteiger partial charge is 0.243 e. The van der Waals surface area contributed by atoms with Crippen LogP contribution in [0.4, 0.5) is 11.9 Å². The second-order valence-corrected chi connectivity index (χ2v) is 2.63. The van der Waals surface area contributed by atoms with E-state index in [1.165, 1.54) is 0 Å². The molecule has 0 aliphatic rings. The molecule has 0 radical (unpaired) electrons. The number of nitrogen functional groups attached to an aromatic ring is 1. The molecule has 1 aromatic heterocycles. The van der Waals surface area contributed by atoms with Crippen LogP contribution in [0, 0.1) is 12.3 Å². The maximum absolute atomic E-state index is 5.33. The second-order valence-electron chi connectivity index (χ2n) is 2.63. The van der Waals surface area contributed by atoms with Crippen molar-refractivity contribution in [2.24, 2.45) is 0 Å². The topological polar surface area (TPSA) is 79.6 Å². The minimum atomic E-state index is 0.325. The normalized spacial score (nSPS) is 9.46. The summed E-state index contributed by atoms with van der Waals surface area (Å²) in [5, 5.41) is 9.39. The van der Waals surface area contributed by atoms with E-state index in [9.17, 15) is 0 Å². The van der Waals surface area contributed by atoms with E-state index in [-0.39, 0.29) is 0 Å². The summed E-state index contributed by atoms with van der Waals surface area (Å²) in [5.74, 6) is 3.45. The van der Waals surface area contributed by atoms with Crippen LogP contribution in [0.25, 0.3) is 0 Å². The molecule has 5 nitrogen and oxygen atoms in total. The van der Waals surface area contributed by atoms with Crippen molar-refractivity contribution in [1.82, 2.24) is 15.2 Å². The van der Waals surface area contributed by atoms with Crippen molar-refractivity contribution in [2.45, 2.75) is 19.3 Å². The third-order valence-corrected chi connectivity index (χ3v) is 1.53. The molecule has 0 atom stereocenters. The molecule has 13 heavy (non-hydrogen) atoms. The fraction of sp³-hybridized carbons (Fsp3) is 0.500. The highest BCUT2D eigenvalue weighted by molar-refractivity contribution is 5.29. The molecule has 0 bridgehead atoms. The Morgan fingerprint density at radius 1 is 1.54 bits per heavy atom. The van der Waals surface area contributed by atoms with Gasteiger partial charge in [-0.15, -0.1) is 17.4 Å². The van der Waals surface area contributed by atoms with Crippen molar-refractivity contribution < 1.29 is 0 Å². The van der Waals surface area contributed by atoms with Crippen LogP contribution in [0.2, 0.25) is 0 Å². The number of aromatic amines is 1. The van der Waals surface area contributed by atoms with Gasteiger partial charge in [-0.25, -0.2) is 5.10 Å². The van der Waals surface area contributed by atoms with E-state index < -0.39 is 0 Å². The van der Waals surface area contributed by atoms with Gasteiger partial charge in [0.05, 0.1) is 0 Å². The first-order valence-electron chi connectivity index (χ1n) is 4.18. The van der Waals surface area contributed by atoms with E-state index >= 15 is 0 Å². The van der Waals surface area contributed by atoms with Gasteiger partial charge in [-0.05, 0) is 12.8 Å². The molecular weight excluding hydrogens is 166 g/mol. The molecular formula is C8H13N5. The Labute approximate surface area is 77.1 Å². The number of unbranched alkanes of at least 4 members (excludes halogenated alkanes) is 2. The van der Waals surface area contributed by atoms with Gasteiger partial charge in [-0.1, -0.05) is 0 Å². The van der Waals surface area contributed by atoms with Gasteiger partial charge < -0.3 is 11.1 Å². The average Bonchev–Trinajstić information content (AvgIpc) is 2.51. The van der Waals surface area contributed by atoms with E-state index in [4.69, 9.17) is 12.2 Å². The predicted octanol–water partition coefficient (Wildman–Crippen LogP) is 0.602. The number of hydrogen-bond acceptors (Lipinski definition) is 4. The zero-order valence-corrected chi connectivity index (χ0v) is 7.38. The first-order chi connectivity index (χ1) is 6.33. The monoisotopic (exact) mass is 179 g/mol. The van der Waals surface area contributed by atoms with Gasteiger partial charge in [0.2, 0.25) is 11.9 Å². The standard InChI is InChI=1S/C8H13N5/c1-2-3-4-5-6-10-8-11-7(9)12-13-8/h1H,3-6H2,(H4,9,10,11,12,13). The molecule has 0 amide bonds. The van der Waals surface area contributed by atoms with Crippen molar-refractivity contribution >= 4 is 11.9 Å². The Hall–Kier alpha value is -1.70. The molecule has 1 aromatic rings. The molecule has 0 saturated heterocycles. The zero-order chi connectivity index (χ0) is 9.52. The number of rotatable bonds is 5. The highest BCUT2D eigenvalue weighted by Crippen LogP contribution is 2.00. The van der Waals surface area contributed by atoms with Crippen LogP contribution in [0.3, 0.4) is 0 Å². The van der Waals surface area contributed by atoms with Crippen molar-refractivity contribution in [3.05, 3.63) is 0 Å². The molecule has 0 fully saturated rings. The fourth-order valence-corrected chi connectivity index (χ4v) is 0.906. The summed E-state index contributed by atoms with van der Waals surface area (Å²) >= 11 is 0. The van der Waals surface area contributed by atoms with E-state index in [1.807, 2.05) is 0 Å². The molecule has 0 aliphatic heterocycles. The number of nitrogens with zero attached hydrogens (tertiary/aromatic N) is 2. The third-order valence-electron chi connectivity index (χ3n) is 1.53. The lowest BCUT2D eigenvalue weighted by Crippen LogP contribution is -2.02. The van der Waals surface area contributed by atoms with E-state index in [1.54, 1.807) is 0 Å². The van der Waals surface area contributed by atoms with Crippen molar-refractivity contribution in [3.63, 3.8) is 0 Å². The van der Waals surface area contributed by atoms with Gasteiger partial charge in [0.25, 0.3) is 0 Å². The van der Waals surface area contributed by atoms with E-state index in [2.05, 4.69) is 26.4 Å². The number of hydrogen-bond donors (Lipinski definition) is 3. The Balaban J connectivity index is 2.10. The summed E-state index contributed by atoms with van der Waals surface area (Å²) in [4.78, 5) is 3.89. The van der Waals surface area contributed by atoms with Gasteiger partial charge in [-0.3, -0.25) is 0 Å². The van der Waals surface area contributed by atoms with Crippen LogP contribution in [0.1, 0.15) is 19.3 Å². The van der Waals surface area contributed by atoms with Crippen LogP contribution in [-0.2, 0) is 0 Å². The van der Waals surface area contributed by atoms with Crippen molar-refractivity contribution in [1.29, 1.82) is 0 Å². The molecule has 0 spiro atoms. The quantitative estimate of drug-likeness (QED) is 0.457. The number of H-pyrrole nitrogens is 1. The lowest BCUT2D eigenvalue weighted by molar-refractivity contribution is 0.785. The van der Waals surface area contributed by atoms with Crippen molar-refractivity contribution in [2.75, 3.05) is 17.6 Å². The highest BCUT2D eigenvalue weighted by atomic mass is 15.3. The van der Waals surface area contributed by atoms with Crippen LogP contribution in [-0.4, -0.2) is 21.7 Å². The van der Waals surface area contributed by atoms with Crippen LogP contribution < -0.4 is 11.1 Å².